The van der Waals surface area contributed by atoms with Crippen LogP contribution in [-0.4, -0.2) is 21.9 Å². The standard InChI is InChI=1S/C19H34O2/c1-13(8-9-14(2)18(3,4)21)15-10-11-16-17(20)7-6-12-19(15,16)5/h8-9,13-17,20-21H,6-7,10-12H2,1-5H3/b9-8+/t13-,14+,15-,16?,17+,19-/m1/s1. The summed E-state index contributed by atoms with van der Waals surface area (Å²) in [6.45, 7) is 10.5. The SMILES string of the molecule is C[C@H](/C=C/[C@H](C)C(C)(C)O)[C@H]1CCC2[C@@H](O)CCC[C@@]21C. The molecule has 2 saturated carbocycles. The van der Waals surface area contributed by atoms with E-state index in [-0.39, 0.29) is 12.0 Å². The summed E-state index contributed by atoms with van der Waals surface area (Å²) in [7, 11) is 0. The van der Waals surface area contributed by atoms with Crippen molar-refractivity contribution in [3.63, 3.8) is 0 Å². The summed E-state index contributed by atoms with van der Waals surface area (Å²) in [5.74, 6) is 1.86. The fraction of sp³-hybridized carbons (Fsp3) is 0.895. The van der Waals surface area contributed by atoms with Crippen LogP contribution in [0.5, 0.6) is 0 Å². The monoisotopic (exact) mass is 294 g/mol. The minimum Gasteiger partial charge on any atom is -0.393 e. The molecule has 2 rings (SSSR count). The number of allylic oxidation sites excluding steroid dienone is 1. The number of rotatable bonds is 4. The minimum atomic E-state index is -0.653. The third-order valence-corrected chi connectivity index (χ3v) is 6.61. The Kier molecular flexibility index (Phi) is 4.90. The van der Waals surface area contributed by atoms with Gasteiger partial charge in [-0.05, 0) is 62.7 Å². The van der Waals surface area contributed by atoms with Gasteiger partial charge in [-0.15, -0.1) is 0 Å². The first-order chi connectivity index (χ1) is 9.66. The van der Waals surface area contributed by atoms with E-state index in [1.54, 1.807) is 0 Å². The number of hydrogen-bond donors (Lipinski definition) is 2. The van der Waals surface area contributed by atoms with E-state index < -0.39 is 5.60 Å². The largest absolute Gasteiger partial charge is 0.393 e. The molecule has 0 aromatic rings. The van der Waals surface area contributed by atoms with Crippen LogP contribution in [0.4, 0.5) is 0 Å². The predicted octanol–water partition coefficient (Wildman–Crippen LogP) is 4.16. The number of hydrogen-bond acceptors (Lipinski definition) is 2. The van der Waals surface area contributed by atoms with Gasteiger partial charge < -0.3 is 10.2 Å². The Balaban J connectivity index is 2.06. The van der Waals surface area contributed by atoms with Gasteiger partial charge in [0.05, 0.1) is 11.7 Å². The second-order valence-electron chi connectivity index (χ2n) is 8.44. The number of aliphatic hydroxyl groups excluding tert-OH is 1. The lowest BCUT2D eigenvalue weighted by atomic mass is 9.62. The highest BCUT2D eigenvalue weighted by Crippen LogP contribution is 2.57. The summed E-state index contributed by atoms with van der Waals surface area (Å²) in [5.41, 5.74) is -0.348. The maximum atomic E-state index is 10.3. The lowest BCUT2D eigenvalue weighted by Gasteiger charge is -2.44. The third-order valence-electron chi connectivity index (χ3n) is 6.61. The van der Waals surface area contributed by atoms with Crippen molar-refractivity contribution in [2.75, 3.05) is 0 Å². The third kappa shape index (κ3) is 3.37. The molecule has 21 heavy (non-hydrogen) atoms. The normalized spacial score (nSPS) is 40.2. The molecule has 0 radical (unpaired) electrons. The summed E-state index contributed by atoms with van der Waals surface area (Å²) in [5, 5.41) is 20.4. The van der Waals surface area contributed by atoms with Crippen molar-refractivity contribution in [3.8, 4) is 0 Å². The fourth-order valence-corrected chi connectivity index (χ4v) is 4.76. The van der Waals surface area contributed by atoms with E-state index in [0.717, 1.165) is 6.42 Å². The smallest absolute Gasteiger partial charge is 0.0651 e. The topological polar surface area (TPSA) is 40.5 Å². The molecule has 0 aromatic carbocycles. The Morgan fingerprint density at radius 1 is 1.14 bits per heavy atom. The van der Waals surface area contributed by atoms with E-state index in [1.165, 1.54) is 25.7 Å². The van der Waals surface area contributed by atoms with Gasteiger partial charge in [-0.2, -0.15) is 0 Å². The second-order valence-corrected chi connectivity index (χ2v) is 8.44. The molecule has 0 aromatic heterocycles. The molecule has 0 aliphatic heterocycles. The molecule has 0 heterocycles. The summed E-state index contributed by atoms with van der Waals surface area (Å²) in [6, 6.07) is 0. The molecule has 2 aliphatic rings. The Labute approximate surface area is 130 Å². The van der Waals surface area contributed by atoms with Crippen LogP contribution in [0.15, 0.2) is 12.2 Å². The van der Waals surface area contributed by atoms with Crippen LogP contribution in [-0.2, 0) is 0 Å². The molecular weight excluding hydrogens is 260 g/mol. The van der Waals surface area contributed by atoms with Crippen LogP contribution in [0.25, 0.3) is 0 Å². The summed E-state index contributed by atoms with van der Waals surface area (Å²) in [4.78, 5) is 0. The first kappa shape index (κ1) is 17.0. The summed E-state index contributed by atoms with van der Waals surface area (Å²) >= 11 is 0. The molecule has 2 heteroatoms. The lowest BCUT2D eigenvalue weighted by molar-refractivity contribution is -0.0232. The summed E-state index contributed by atoms with van der Waals surface area (Å²) in [6.07, 6.45) is 10.2. The van der Waals surface area contributed by atoms with Crippen LogP contribution in [0.3, 0.4) is 0 Å². The van der Waals surface area contributed by atoms with Crippen molar-refractivity contribution in [3.05, 3.63) is 12.2 Å². The van der Waals surface area contributed by atoms with Gasteiger partial charge in [0.1, 0.15) is 0 Å². The van der Waals surface area contributed by atoms with E-state index in [0.29, 0.717) is 23.2 Å². The van der Waals surface area contributed by atoms with E-state index in [4.69, 9.17) is 0 Å². The average molecular weight is 294 g/mol. The Morgan fingerprint density at radius 2 is 1.81 bits per heavy atom. The van der Waals surface area contributed by atoms with Crippen LogP contribution in [0.1, 0.15) is 66.7 Å². The Hall–Kier alpha value is -0.340. The van der Waals surface area contributed by atoms with Gasteiger partial charge in [-0.1, -0.05) is 39.3 Å². The molecule has 122 valence electrons. The van der Waals surface area contributed by atoms with Crippen molar-refractivity contribution in [2.45, 2.75) is 78.4 Å². The molecule has 2 fully saturated rings. The Morgan fingerprint density at radius 3 is 2.43 bits per heavy atom. The molecule has 2 aliphatic carbocycles. The van der Waals surface area contributed by atoms with Crippen LogP contribution >= 0.6 is 0 Å². The molecule has 0 bridgehead atoms. The zero-order valence-corrected chi connectivity index (χ0v) is 14.5. The van der Waals surface area contributed by atoms with Gasteiger partial charge in [0.2, 0.25) is 0 Å². The van der Waals surface area contributed by atoms with Crippen molar-refractivity contribution in [2.24, 2.45) is 29.1 Å². The van der Waals surface area contributed by atoms with Crippen molar-refractivity contribution < 1.29 is 10.2 Å². The molecule has 0 spiro atoms. The number of fused-ring (bicyclic) bond motifs is 1. The highest BCUT2D eigenvalue weighted by Gasteiger charge is 2.51. The highest BCUT2D eigenvalue weighted by atomic mass is 16.3. The molecular formula is C19H34O2. The van der Waals surface area contributed by atoms with Gasteiger partial charge in [-0.3, -0.25) is 0 Å². The second kappa shape index (κ2) is 6.04. The van der Waals surface area contributed by atoms with Crippen LogP contribution in [0, 0.1) is 29.1 Å². The zero-order chi connectivity index (χ0) is 15.8. The Bertz CT molecular complexity index is 382. The first-order valence-corrected chi connectivity index (χ1v) is 8.75. The minimum absolute atomic E-state index is 0.0831. The predicted molar refractivity (Wildman–Crippen MR) is 87.9 cm³/mol. The quantitative estimate of drug-likeness (QED) is 0.764. The van der Waals surface area contributed by atoms with Gasteiger partial charge in [0.25, 0.3) is 0 Å². The van der Waals surface area contributed by atoms with Crippen LogP contribution < -0.4 is 0 Å². The zero-order valence-electron chi connectivity index (χ0n) is 14.5. The maximum absolute atomic E-state index is 10.3. The lowest BCUT2D eigenvalue weighted by Crippen LogP contribution is -2.41. The number of aliphatic hydroxyl groups is 2. The van der Waals surface area contributed by atoms with Crippen molar-refractivity contribution in [1.82, 2.24) is 0 Å². The van der Waals surface area contributed by atoms with E-state index >= 15 is 0 Å². The molecule has 2 nitrogen and oxygen atoms in total. The van der Waals surface area contributed by atoms with Gasteiger partial charge >= 0.3 is 0 Å². The molecule has 2 N–H and O–H groups in total. The van der Waals surface area contributed by atoms with Gasteiger partial charge in [0.15, 0.2) is 0 Å². The maximum Gasteiger partial charge on any atom is 0.0651 e. The molecule has 1 unspecified atom stereocenters. The van der Waals surface area contributed by atoms with Gasteiger partial charge in [0, 0.05) is 5.92 Å². The molecule has 0 saturated heterocycles. The highest BCUT2D eigenvalue weighted by molar-refractivity contribution is 5.06. The van der Waals surface area contributed by atoms with Gasteiger partial charge in [-0.25, -0.2) is 0 Å². The molecule has 0 amide bonds. The average Bonchev–Trinajstić information content (AvgIpc) is 2.73. The van der Waals surface area contributed by atoms with Crippen LogP contribution in [0.2, 0.25) is 0 Å². The van der Waals surface area contributed by atoms with Crippen molar-refractivity contribution in [1.29, 1.82) is 0 Å². The first-order valence-electron chi connectivity index (χ1n) is 8.75. The molecule has 6 atom stereocenters. The van der Waals surface area contributed by atoms with E-state index in [1.807, 2.05) is 13.8 Å². The van der Waals surface area contributed by atoms with E-state index in [2.05, 4.69) is 32.9 Å². The fourth-order valence-electron chi connectivity index (χ4n) is 4.76. The van der Waals surface area contributed by atoms with Crippen molar-refractivity contribution >= 4 is 0 Å². The van der Waals surface area contributed by atoms with E-state index in [9.17, 15) is 10.2 Å². The summed E-state index contributed by atoms with van der Waals surface area (Å²) < 4.78 is 0.